The minimum Gasteiger partial charge on any atom is -0.504 e. The average molecular weight is 463 g/mol. The van der Waals surface area contributed by atoms with Crippen molar-refractivity contribution in [1.29, 1.82) is 0 Å². The lowest BCUT2D eigenvalue weighted by molar-refractivity contribution is 0.0597. The molecule has 1 aliphatic heterocycles. The maximum absolute atomic E-state index is 13.4. The van der Waals surface area contributed by atoms with Gasteiger partial charge in [0.15, 0.2) is 11.5 Å². The number of carbonyl (C=O) groups excluding carboxylic acids is 2. The van der Waals surface area contributed by atoms with Crippen LogP contribution < -0.4 is 10.1 Å². The van der Waals surface area contributed by atoms with Gasteiger partial charge in [0.25, 0.3) is 11.8 Å². The Morgan fingerprint density at radius 3 is 2.50 bits per heavy atom. The molecule has 0 unspecified atom stereocenters. The number of fused-ring (bicyclic) bond motifs is 1. The third-order valence-electron chi connectivity index (χ3n) is 4.96. The van der Waals surface area contributed by atoms with Crippen LogP contribution in [0, 0.1) is 0 Å². The minimum atomic E-state index is -3.59. The number of phenolic OH excluding ortho intramolecular Hbond substituents is 1. The molecule has 0 aromatic heterocycles. The Hall–Kier alpha value is -3.11. The molecule has 0 spiro atoms. The number of ether oxygens (including phenoxy) is 2. The Morgan fingerprint density at radius 2 is 1.84 bits per heavy atom. The van der Waals surface area contributed by atoms with Crippen molar-refractivity contribution in [2.45, 2.75) is 19.9 Å². The predicted molar refractivity (Wildman–Crippen MR) is 119 cm³/mol. The normalized spacial score (nSPS) is 14.4. The summed E-state index contributed by atoms with van der Waals surface area (Å²) in [6.07, 6.45) is 1.04. The molecule has 10 heteroatoms. The lowest BCUT2D eigenvalue weighted by Gasteiger charge is -2.26. The molecule has 172 valence electrons. The van der Waals surface area contributed by atoms with Crippen molar-refractivity contribution in [3.8, 4) is 11.5 Å². The van der Waals surface area contributed by atoms with E-state index in [-0.39, 0.29) is 36.0 Å². The van der Waals surface area contributed by atoms with Crippen LogP contribution in [0.2, 0.25) is 0 Å². The first-order chi connectivity index (χ1) is 15.2. The van der Waals surface area contributed by atoms with Crippen molar-refractivity contribution in [2.75, 3.05) is 37.3 Å². The second-order valence-corrected chi connectivity index (χ2v) is 9.48. The van der Waals surface area contributed by atoms with Crippen molar-refractivity contribution in [3.63, 3.8) is 0 Å². The number of phenols is 1. The fraction of sp³-hybridized carbons (Fsp3) is 0.364. The number of nitrogens with zero attached hydrogens (tertiary/aromatic N) is 1. The molecule has 9 nitrogen and oxygen atoms in total. The van der Waals surface area contributed by atoms with Gasteiger partial charge < -0.3 is 19.9 Å². The van der Waals surface area contributed by atoms with Gasteiger partial charge in [-0.2, -0.15) is 0 Å². The first-order valence-electron chi connectivity index (χ1n) is 10.1. The molecule has 32 heavy (non-hydrogen) atoms. The van der Waals surface area contributed by atoms with Crippen molar-refractivity contribution in [2.24, 2.45) is 0 Å². The maximum Gasteiger partial charge on any atom is 0.264 e. The van der Waals surface area contributed by atoms with Gasteiger partial charge in [0, 0.05) is 18.6 Å². The Labute approximate surface area is 186 Å². The number of hydrogen-bond acceptors (Lipinski definition) is 8. The maximum atomic E-state index is 13.4. The van der Waals surface area contributed by atoms with Crippen molar-refractivity contribution < 1.29 is 32.6 Å². The third-order valence-corrected chi connectivity index (χ3v) is 5.88. The predicted octanol–water partition coefficient (Wildman–Crippen LogP) is 2.58. The molecule has 1 heterocycles. The smallest absolute Gasteiger partial charge is 0.264 e. The van der Waals surface area contributed by atoms with Crippen LogP contribution in [0.15, 0.2) is 36.4 Å². The number of benzene rings is 2. The zero-order chi connectivity index (χ0) is 23.5. The largest absolute Gasteiger partial charge is 0.504 e. The first kappa shape index (κ1) is 23.6. The van der Waals surface area contributed by atoms with E-state index in [0.29, 0.717) is 17.9 Å². The van der Waals surface area contributed by atoms with Gasteiger partial charge in [-0.3, -0.25) is 14.5 Å². The van der Waals surface area contributed by atoms with E-state index in [9.17, 15) is 23.1 Å². The van der Waals surface area contributed by atoms with E-state index in [1.165, 1.54) is 24.3 Å². The van der Waals surface area contributed by atoms with Gasteiger partial charge in [-0.25, -0.2) is 8.42 Å². The van der Waals surface area contributed by atoms with Gasteiger partial charge in [0.2, 0.25) is 0 Å². The molecule has 1 aliphatic rings. The highest BCUT2D eigenvalue weighted by Gasteiger charge is 2.43. The third kappa shape index (κ3) is 4.86. The molecule has 1 atom stereocenters. The summed E-state index contributed by atoms with van der Waals surface area (Å²) >= 11 is 0. The summed E-state index contributed by atoms with van der Waals surface area (Å²) in [7, 11) is -3.59. The first-order valence-corrected chi connectivity index (χ1v) is 12.2. The summed E-state index contributed by atoms with van der Waals surface area (Å²) < 4.78 is 35.1. The zero-order valence-corrected chi connectivity index (χ0v) is 18.9. The van der Waals surface area contributed by atoms with Gasteiger partial charge in [0.1, 0.15) is 16.6 Å². The van der Waals surface area contributed by atoms with Crippen molar-refractivity contribution in [1.82, 2.24) is 4.90 Å². The number of nitrogens with one attached hydrogen (secondary N) is 1. The summed E-state index contributed by atoms with van der Waals surface area (Å²) in [6, 6.07) is 8.01. The molecule has 0 saturated heterocycles. The number of hydrogen-bond donors (Lipinski definition) is 2. The highest BCUT2D eigenvalue weighted by Crippen LogP contribution is 2.38. The molecule has 2 amide bonds. The molecule has 0 radical (unpaired) electrons. The summed E-state index contributed by atoms with van der Waals surface area (Å²) in [5.74, 6) is -1.66. The fourth-order valence-electron chi connectivity index (χ4n) is 3.58. The van der Waals surface area contributed by atoms with E-state index in [4.69, 9.17) is 9.47 Å². The van der Waals surface area contributed by atoms with Crippen molar-refractivity contribution >= 4 is 27.3 Å². The molecule has 0 aliphatic carbocycles. The van der Waals surface area contributed by atoms with Gasteiger partial charge >= 0.3 is 0 Å². The molecule has 0 fully saturated rings. The number of carbonyl (C=O) groups is 2. The second-order valence-electron chi connectivity index (χ2n) is 7.29. The quantitative estimate of drug-likeness (QED) is 0.314. The lowest BCUT2D eigenvalue weighted by atomic mass is 10.1. The average Bonchev–Trinajstić information content (AvgIpc) is 2.99. The zero-order valence-electron chi connectivity index (χ0n) is 18.1. The van der Waals surface area contributed by atoms with Gasteiger partial charge in [-0.1, -0.05) is 12.1 Å². The standard InChI is InChI=1S/C22H26N2O7S/c1-4-30-13-23-16-8-6-7-15-20(16)22(27)24(21(15)26)17(12-32(3,28)29)14-9-10-18(25)19(11-14)31-5-2/h6-11,17,23,25H,4-5,12-13H2,1-3H3/t17-/m1/s1. The Morgan fingerprint density at radius 1 is 1.09 bits per heavy atom. The van der Waals surface area contributed by atoms with E-state index in [2.05, 4.69) is 5.32 Å². The van der Waals surface area contributed by atoms with E-state index in [0.717, 1.165) is 11.2 Å². The van der Waals surface area contributed by atoms with Crippen LogP contribution in [0.3, 0.4) is 0 Å². The molecule has 2 aromatic carbocycles. The van der Waals surface area contributed by atoms with Crippen molar-refractivity contribution in [3.05, 3.63) is 53.1 Å². The number of anilines is 1. The number of imide groups is 1. The fourth-order valence-corrected chi connectivity index (χ4v) is 4.50. The Bertz CT molecular complexity index is 1130. The van der Waals surface area contributed by atoms with E-state index < -0.39 is 33.4 Å². The summed E-state index contributed by atoms with van der Waals surface area (Å²) in [5, 5.41) is 13.0. The van der Waals surface area contributed by atoms with Crippen LogP contribution >= 0.6 is 0 Å². The van der Waals surface area contributed by atoms with Gasteiger partial charge in [0.05, 0.1) is 29.5 Å². The van der Waals surface area contributed by atoms with E-state index in [1.54, 1.807) is 19.1 Å². The number of rotatable bonds is 10. The molecular formula is C22H26N2O7S. The number of aromatic hydroxyl groups is 1. The molecule has 3 rings (SSSR count). The Balaban J connectivity index is 2.06. The van der Waals surface area contributed by atoms with E-state index >= 15 is 0 Å². The highest BCUT2D eigenvalue weighted by molar-refractivity contribution is 7.90. The number of sulfone groups is 1. The van der Waals surface area contributed by atoms with Gasteiger partial charge in [-0.05, 0) is 43.7 Å². The topological polar surface area (TPSA) is 122 Å². The highest BCUT2D eigenvalue weighted by atomic mass is 32.2. The molecular weight excluding hydrogens is 436 g/mol. The second kappa shape index (κ2) is 9.58. The van der Waals surface area contributed by atoms with Gasteiger partial charge in [-0.15, -0.1) is 0 Å². The lowest BCUT2D eigenvalue weighted by Crippen LogP contribution is -2.37. The summed E-state index contributed by atoms with van der Waals surface area (Å²) in [6.45, 7) is 4.46. The monoisotopic (exact) mass is 462 g/mol. The molecule has 2 N–H and O–H groups in total. The van der Waals surface area contributed by atoms with Crippen LogP contribution in [0.1, 0.15) is 46.2 Å². The summed E-state index contributed by atoms with van der Waals surface area (Å²) in [5.41, 5.74) is 1.13. The molecule has 2 aromatic rings. The SMILES string of the molecule is CCOCNc1cccc2c1C(=O)N([C@H](CS(C)(=O)=O)c1ccc(O)c(OCC)c1)C2=O. The van der Waals surface area contributed by atoms with Crippen LogP contribution in [0.4, 0.5) is 5.69 Å². The Kier molecular flexibility index (Phi) is 7.05. The van der Waals surface area contributed by atoms with Crippen LogP contribution in [0.5, 0.6) is 11.5 Å². The van der Waals surface area contributed by atoms with Crippen LogP contribution in [0.25, 0.3) is 0 Å². The van der Waals surface area contributed by atoms with Crippen LogP contribution in [-0.2, 0) is 14.6 Å². The van der Waals surface area contributed by atoms with E-state index in [1.807, 2.05) is 6.92 Å². The molecule has 0 saturated carbocycles. The minimum absolute atomic E-state index is 0.126. The summed E-state index contributed by atoms with van der Waals surface area (Å²) in [4.78, 5) is 27.6. The molecule has 0 bridgehead atoms. The van der Waals surface area contributed by atoms with Crippen LogP contribution in [-0.4, -0.2) is 62.2 Å². The number of amides is 2.